The average Bonchev–Trinajstić information content (AvgIpc) is 2.32. The summed E-state index contributed by atoms with van der Waals surface area (Å²) in [5, 5.41) is 18.8. The highest BCUT2D eigenvalue weighted by Gasteiger charge is 2.27. The number of piperidine rings is 1. The number of aryl methyl sites for hydroxylation is 1. The Labute approximate surface area is 100 Å². The maximum atomic E-state index is 11.2. The monoisotopic (exact) mass is 235 g/mol. The second-order valence-electron chi connectivity index (χ2n) is 4.53. The molecule has 1 saturated heterocycles. The number of hydrogen-bond acceptors (Lipinski definition) is 2. The van der Waals surface area contributed by atoms with Crippen molar-refractivity contribution < 1.29 is 15.0 Å². The molecule has 0 aromatic heterocycles. The third-order valence-electron chi connectivity index (χ3n) is 3.37. The third kappa shape index (κ3) is 2.35. The van der Waals surface area contributed by atoms with Gasteiger partial charge in [-0.05, 0) is 43.4 Å². The molecular formula is C13H17NO3. The molecule has 1 amide bonds. The predicted molar refractivity (Wildman–Crippen MR) is 64.2 cm³/mol. The summed E-state index contributed by atoms with van der Waals surface area (Å²) in [5.41, 5.74) is 1.70. The van der Waals surface area contributed by atoms with Gasteiger partial charge in [-0.25, -0.2) is 4.79 Å². The van der Waals surface area contributed by atoms with E-state index in [-0.39, 0.29) is 11.8 Å². The Hall–Kier alpha value is -1.71. The standard InChI is InChI=1S/C13H17NO3/c1-9-5-6-10(8-12(9)15)11-4-2-3-7-14(11)13(16)17/h5-6,8,11,15H,2-4,7H2,1H3,(H,16,17). The van der Waals surface area contributed by atoms with Crippen molar-refractivity contribution in [3.05, 3.63) is 29.3 Å². The first-order valence-corrected chi connectivity index (χ1v) is 5.88. The summed E-state index contributed by atoms with van der Waals surface area (Å²) in [6.45, 7) is 2.41. The second-order valence-corrected chi connectivity index (χ2v) is 4.53. The number of benzene rings is 1. The summed E-state index contributed by atoms with van der Waals surface area (Å²) in [6.07, 6.45) is 1.90. The van der Waals surface area contributed by atoms with Gasteiger partial charge in [-0.1, -0.05) is 12.1 Å². The van der Waals surface area contributed by atoms with Crippen LogP contribution in [0.25, 0.3) is 0 Å². The Bertz CT molecular complexity index is 431. The van der Waals surface area contributed by atoms with Crippen LogP contribution < -0.4 is 0 Å². The fourth-order valence-corrected chi connectivity index (χ4v) is 2.34. The highest BCUT2D eigenvalue weighted by Crippen LogP contribution is 2.33. The van der Waals surface area contributed by atoms with E-state index in [4.69, 9.17) is 5.11 Å². The highest BCUT2D eigenvalue weighted by atomic mass is 16.4. The van der Waals surface area contributed by atoms with Gasteiger partial charge in [0.1, 0.15) is 5.75 Å². The zero-order chi connectivity index (χ0) is 12.4. The predicted octanol–water partition coefficient (Wildman–Crippen LogP) is 2.91. The molecule has 0 aliphatic carbocycles. The molecule has 4 nitrogen and oxygen atoms in total. The van der Waals surface area contributed by atoms with Crippen LogP contribution in [-0.4, -0.2) is 27.8 Å². The van der Waals surface area contributed by atoms with E-state index >= 15 is 0 Å². The summed E-state index contributed by atoms with van der Waals surface area (Å²) in [7, 11) is 0. The first-order chi connectivity index (χ1) is 8.09. The molecule has 1 fully saturated rings. The number of phenols is 1. The van der Waals surface area contributed by atoms with Crippen LogP contribution in [0.3, 0.4) is 0 Å². The number of carboxylic acid groups (broad SMARTS) is 1. The number of carbonyl (C=O) groups is 1. The molecule has 0 spiro atoms. The van der Waals surface area contributed by atoms with Gasteiger partial charge in [0.05, 0.1) is 6.04 Å². The Morgan fingerprint density at radius 3 is 2.82 bits per heavy atom. The van der Waals surface area contributed by atoms with Crippen LogP contribution in [0.1, 0.15) is 36.4 Å². The van der Waals surface area contributed by atoms with Crippen LogP contribution in [-0.2, 0) is 0 Å². The lowest BCUT2D eigenvalue weighted by molar-refractivity contribution is 0.106. The van der Waals surface area contributed by atoms with Crippen molar-refractivity contribution in [2.45, 2.75) is 32.2 Å². The van der Waals surface area contributed by atoms with Gasteiger partial charge in [-0.3, -0.25) is 0 Å². The van der Waals surface area contributed by atoms with E-state index in [2.05, 4.69) is 0 Å². The van der Waals surface area contributed by atoms with Crippen molar-refractivity contribution in [1.29, 1.82) is 0 Å². The molecule has 1 unspecified atom stereocenters. The number of aromatic hydroxyl groups is 1. The van der Waals surface area contributed by atoms with Crippen molar-refractivity contribution in [3.63, 3.8) is 0 Å². The molecule has 2 rings (SSSR count). The molecule has 1 heterocycles. The van der Waals surface area contributed by atoms with Crippen molar-refractivity contribution in [1.82, 2.24) is 4.90 Å². The number of nitrogens with zero attached hydrogens (tertiary/aromatic N) is 1. The van der Waals surface area contributed by atoms with Gasteiger partial charge in [0.15, 0.2) is 0 Å². The molecule has 1 atom stereocenters. The highest BCUT2D eigenvalue weighted by molar-refractivity contribution is 5.66. The van der Waals surface area contributed by atoms with Crippen LogP contribution >= 0.6 is 0 Å². The normalized spacial score (nSPS) is 20.3. The van der Waals surface area contributed by atoms with Gasteiger partial charge in [-0.15, -0.1) is 0 Å². The Kier molecular flexibility index (Phi) is 3.22. The van der Waals surface area contributed by atoms with E-state index in [0.29, 0.717) is 6.54 Å². The lowest BCUT2D eigenvalue weighted by Gasteiger charge is -2.34. The van der Waals surface area contributed by atoms with Gasteiger partial charge >= 0.3 is 6.09 Å². The summed E-state index contributed by atoms with van der Waals surface area (Å²) in [4.78, 5) is 12.6. The minimum Gasteiger partial charge on any atom is -0.508 e. The maximum Gasteiger partial charge on any atom is 0.407 e. The van der Waals surface area contributed by atoms with E-state index in [1.807, 2.05) is 19.1 Å². The molecule has 1 aromatic carbocycles. The van der Waals surface area contributed by atoms with Gasteiger partial charge < -0.3 is 15.1 Å². The van der Waals surface area contributed by atoms with Crippen LogP contribution in [0.5, 0.6) is 5.75 Å². The first kappa shape index (κ1) is 11.8. The van der Waals surface area contributed by atoms with Crippen LogP contribution in [0.4, 0.5) is 4.79 Å². The van der Waals surface area contributed by atoms with Crippen LogP contribution in [0, 0.1) is 6.92 Å². The molecule has 0 bridgehead atoms. The summed E-state index contributed by atoms with van der Waals surface area (Å²) < 4.78 is 0. The van der Waals surface area contributed by atoms with Gasteiger partial charge in [0, 0.05) is 6.54 Å². The largest absolute Gasteiger partial charge is 0.508 e. The lowest BCUT2D eigenvalue weighted by Crippen LogP contribution is -2.37. The Morgan fingerprint density at radius 1 is 1.41 bits per heavy atom. The van der Waals surface area contributed by atoms with E-state index in [0.717, 1.165) is 30.4 Å². The SMILES string of the molecule is Cc1ccc(C2CCCCN2C(=O)O)cc1O. The number of amides is 1. The van der Waals surface area contributed by atoms with Gasteiger partial charge in [-0.2, -0.15) is 0 Å². The van der Waals surface area contributed by atoms with Crippen LogP contribution in [0.15, 0.2) is 18.2 Å². The quantitative estimate of drug-likeness (QED) is 0.786. The van der Waals surface area contributed by atoms with Gasteiger partial charge in [0.2, 0.25) is 0 Å². The molecular weight excluding hydrogens is 218 g/mol. The molecule has 1 aromatic rings. The van der Waals surface area contributed by atoms with Crippen molar-refractivity contribution in [3.8, 4) is 5.75 Å². The van der Waals surface area contributed by atoms with Crippen LogP contribution in [0.2, 0.25) is 0 Å². The minimum atomic E-state index is -0.880. The zero-order valence-corrected chi connectivity index (χ0v) is 9.89. The van der Waals surface area contributed by atoms with E-state index in [1.54, 1.807) is 6.07 Å². The van der Waals surface area contributed by atoms with E-state index in [1.165, 1.54) is 4.90 Å². The van der Waals surface area contributed by atoms with Crippen molar-refractivity contribution >= 4 is 6.09 Å². The molecule has 92 valence electrons. The second kappa shape index (κ2) is 4.65. The molecule has 17 heavy (non-hydrogen) atoms. The lowest BCUT2D eigenvalue weighted by atomic mass is 9.95. The third-order valence-corrected chi connectivity index (χ3v) is 3.37. The number of phenolic OH excluding ortho intramolecular Hbond substituents is 1. The fraction of sp³-hybridized carbons (Fsp3) is 0.462. The van der Waals surface area contributed by atoms with E-state index in [9.17, 15) is 9.90 Å². The van der Waals surface area contributed by atoms with Crippen molar-refractivity contribution in [2.24, 2.45) is 0 Å². The molecule has 1 aliphatic rings. The smallest absolute Gasteiger partial charge is 0.407 e. The number of rotatable bonds is 1. The zero-order valence-electron chi connectivity index (χ0n) is 9.89. The average molecular weight is 235 g/mol. The molecule has 1 aliphatic heterocycles. The van der Waals surface area contributed by atoms with Gasteiger partial charge in [0.25, 0.3) is 0 Å². The number of hydrogen-bond donors (Lipinski definition) is 2. The summed E-state index contributed by atoms with van der Waals surface area (Å²) in [6, 6.07) is 5.30. The Morgan fingerprint density at radius 2 is 2.18 bits per heavy atom. The summed E-state index contributed by atoms with van der Waals surface area (Å²) in [5.74, 6) is 0.235. The molecule has 0 radical (unpaired) electrons. The maximum absolute atomic E-state index is 11.2. The van der Waals surface area contributed by atoms with Crippen molar-refractivity contribution in [2.75, 3.05) is 6.54 Å². The topological polar surface area (TPSA) is 60.8 Å². The molecule has 2 N–H and O–H groups in total. The first-order valence-electron chi connectivity index (χ1n) is 5.88. The molecule has 0 saturated carbocycles. The van der Waals surface area contributed by atoms with E-state index < -0.39 is 6.09 Å². The molecule has 4 heteroatoms. The number of likely N-dealkylation sites (tertiary alicyclic amines) is 1. The minimum absolute atomic E-state index is 0.118. The fourth-order valence-electron chi connectivity index (χ4n) is 2.34. The summed E-state index contributed by atoms with van der Waals surface area (Å²) >= 11 is 0. The Balaban J connectivity index is 2.29.